The van der Waals surface area contributed by atoms with Crippen LogP contribution in [0.25, 0.3) is 0 Å². The third-order valence-corrected chi connectivity index (χ3v) is 6.19. The molecule has 4 aromatic rings. The smallest absolute Gasteiger partial charge is 0.263 e. The van der Waals surface area contributed by atoms with Crippen LogP contribution in [0.5, 0.6) is 11.5 Å². The summed E-state index contributed by atoms with van der Waals surface area (Å²) >= 11 is 0. The molecule has 0 aliphatic rings. The van der Waals surface area contributed by atoms with Gasteiger partial charge >= 0.3 is 0 Å². The highest BCUT2D eigenvalue weighted by Crippen LogP contribution is 2.29. The van der Waals surface area contributed by atoms with E-state index in [0.29, 0.717) is 35.2 Å². The molecule has 0 amide bonds. The van der Waals surface area contributed by atoms with E-state index in [1.54, 1.807) is 27.3 Å². The number of anilines is 4. The molecular weight excluding hydrogens is 486 g/mol. The van der Waals surface area contributed by atoms with Crippen molar-refractivity contribution in [2.75, 3.05) is 36.1 Å². The Balaban J connectivity index is 0.000000202. The number of aromatic nitrogens is 3. The number of benzene rings is 2. The molecule has 0 spiro atoms. The number of methoxy groups -OCH3 is 2. The number of hydrogen-bond donors (Lipinski definition) is 4. The van der Waals surface area contributed by atoms with Crippen LogP contribution >= 0.6 is 0 Å². The van der Waals surface area contributed by atoms with Gasteiger partial charge in [0.2, 0.25) is 5.95 Å². The Kier molecular flexibility index (Phi) is 8.17. The average Bonchev–Trinajstić information content (AvgIpc) is 3.25. The van der Waals surface area contributed by atoms with Crippen LogP contribution in [0.1, 0.15) is 16.9 Å². The van der Waals surface area contributed by atoms with Crippen molar-refractivity contribution in [1.29, 1.82) is 0 Å². The second-order valence-corrected chi connectivity index (χ2v) is 9.18. The van der Waals surface area contributed by atoms with Gasteiger partial charge in [0.25, 0.3) is 10.0 Å². The fourth-order valence-electron chi connectivity index (χ4n) is 3.04. The molecule has 0 aliphatic heterocycles. The summed E-state index contributed by atoms with van der Waals surface area (Å²) in [5, 5.41) is 3.55. The second-order valence-electron chi connectivity index (χ2n) is 7.50. The highest BCUT2D eigenvalue weighted by atomic mass is 32.2. The second kappa shape index (κ2) is 11.3. The van der Waals surface area contributed by atoms with E-state index in [2.05, 4.69) is 19.8 Å². The first kappa shape index (κ1) is 26.1. The number of nitrogens with zero attached hydrogens (tertiary/aromatic N) is 3. The lowest BCUT2D eigenvalue weighted by Crippen LogP contribution is -2.13. The van der Waals surface area contributed by atoms with Crippen LogP contribution in [-0.4, -0.2) is 37.8 Å². The molecule has 0 saturated carbocycles. The third-order valence-electron chi connectivity index (χ3n) is 4.82. The Morgan fingerprint density at radius 3 is 2.25 bits per heavy atom. The van der Waals surface area contributed by atoms with Crippen molar-refractivity contribution in [3.8, 4) is 11.5 Å². The largest absolute Gasteiger partial charge is 0.493 e. The zero-order chi connectivity index (χ0) is 26.3. The molecule has 0 bridgehead atoms. The van der Waals surface area contributed by atoms with Gasteiger partial charge < -0.3 is 31.2 Å². The Bertz CT molecular complexity index is 1420. The number of aryl methyl sites for hydroxylation is 1. The number of sulfonamides is 1. The van der Waals surface area contributed by atoms with Crippen molar-refractivity contribution in [1.82, 2.24) is 15.1 Å². The fraction of sp³-hybridized carbons (Fsp3) is 0.174. The van der Waals surface area contributed by atoms with Gasteiger partial charge in [-0.05, 0) is 48.9 Å². The molecule has 36 heavy (non-hydrogen) atoms. The predicted molar refractivity (Wildman–Crippen MR) is 136 cm³/mol. The van der Waals surface area contributed by atoms with Gasteiger partial charge in [-0.1, -0.05) is 11.2 Å². The molecule has 0 radical (unpaired) electrons. The van der Waals surface area contributed by atoms with Crippen molar-refractivity contribution in [2.24, 2.45) is 0 Å². The van der Waals surface area contributed by atoms with Gasteiger partial charge in [-0.2, -0.15) is 4.98 Å². The van der Waals surface area contributed by atoms with E-state index in [1.807, 2.05) is 18.2 Å². The number of nitrogens with two attached hydrogens (primary N) is 3. The number of nitrogen functional groups attached to an aromatic ring is 3. The number of ether oxygens (including phenoxy) is 2. The Hall–Kier alpha value is -4.52. The Labute approximate surface area is 208 Å². The van der Waals surface area contributed by atoms with Gasteiger partial charge in [0.05, 0.1) is 19.1 Å². The van der Waals surface area contributed by atoms with Gasteiger partial charge in [0.15, 0.2) is 17.3 Å². The maximum absolute atomic E-state index is 11.9. The van der Waals surface area contributed by atoms with Gasteiger partial charge in [0.1, 0.15) is 11.6 Å². The first-order chi connectivity index (χ1) is 17.1. The summed E-state index contributed by atoms with van der Waals surface area (Å²) in [6.45, 7) is 1.67. The molecule has 190 valence electrons. The van der Waals surface area contributed by atoms with Crippen LogP contribution in [0.2, 0.25) is 0 Å². The van der Waals surface area contributed by atoms with E-state index in [0.717, 1.165) is 11.1 Å². The highest BCUT2D eigenvalue weighted by Gasteiger charge is 2.15. The molecule has 2 heterocycles. The lowest BCUT2D eigenvalue weighted by atomic mass is 10.1. The number of hydrogen-bond acceptors (Lipinski definition) is 11. The quantitative estimate of drug-likeness (QED) is 0.265. The minimum atomic E-state index is -3.64. The van der Waals surface area contributed by atoms with Gasteiger partial charge in [-0.3, -0.25) is 4.72 Å². The van der Waals surface area contributed by atoms with E-state index in [4.69, 9.17) is 31.2 Å². The van der Waals surface area contributed by atoms with Gasteiger partial charge in [-0.15, -0.1) is 0 Å². The fourth-order valence-corrected chi connectivity index (χ4v) is 4.02. The summed E-state index contributed by atoms with van der Waals surface area (Å²) < 4.78 is 41.3. The van der Waals surface area contributed by atoms with E-state index in [1.165, 1.54) is 30.3 Å². The molecular formula is C23H27N7O5S. The first-order valence-electron chi connectivity index (χ1n) is 10.5. The molecule has 0 fully saturated rings. The van der Waals surface area contributed by atoms with Gasteiger partial charge in [-0.25, -0.2) is 13.4 Å². The molecule has 0 saturated heterocycles. The third kappa shape index (κ3) is 6.76. The maximum atomic E-state index is 11.9. The summed E-state index contributed by atoms with van der Waals surface area (Å²) in [6.07, 6.45) is 2.24. The lowest BCUT2D eigenvalue weighted by Gasteiger charge is -2.10. The SMILES string of the molecule is COc1ccc(Cc2cnc(N)nc2N)cc1OC.Cc1cc(NS(=O)(=O)c2ccc(N)cc2)no1. The van der Waals surface area contributed by atoms with Crippen molar-refractivity contribution in [3.05, 3.63) is 71.6 Å². The van der Waals surface area contributed by atoms with Gasteiger partial charge in [0, 0.05) is 29.9 Å². The van der Waals surface area contributed by atoms with Crippen LogP contribution < -0.4 is 31.4 Å². The lowest BCUT2D eigenvalue weighted by molar-refractivity contribution is 0.354. The van der Waals surface area contributed by atoms with Crippen LogP contribution in [-0.2, 0) is 16.4 Å². The molecule has 12 nitrogen and oxygen atoms in total. The van der Waals surface area contributed by atoms with Crippen molar-refractivity contribution in [2.45, 2.75) is 18.2 Å². The monoisotopic (exact) mass is 513 g/mol. The summed E-state index contributed by atoms with van der Waals surface area (Å²) in [4.78, 5) is 8.00. The molecule has 0 aliphatic carbocycles. The van der Waals surface area contributed by atoms with E-state index < -0.39 is 10.0 Å². The van der Waals surface area contributed by atoms with Crippen molar-refractivity contribution >= 4 is 33.3 Å². The number of nitrogens with one attached hydrogen (secondary N) is 1. The van der Waals surface area contributed by atoms with Crippen LogP contribution in [0.15, 0.2) is 64.1 Å². The molecule has 0 unspecified atom stereocenters. The van der Waals surface area contributed by atoms with Crippen LogP contribution in [0.3, 0.4) is 0 Å². The molecule has 2 aromatic carbocycles. The van der Waals surface area contributed by atoms with E-state index in [9.17, 15) is 8.42 Å². The number of rotatable bonds is 7. The highest BCUT2D eigenvalue weighted by molar-refractivity contribution is 7.92. The molecule has 13 heteroatoms. The standard InChI is InChI=1S/C13H16N4O2.C10H11N3O3S/c1-18-10-4-3-8(6-11(10)19-2)5-9-7-16-13(15)17-12(9)14;1-7-6-10(12-16-7)13-17(14,15)9-4-2-8(11)3-5-9/h3-4,6-7H,5H2,1-2H3,(H4,14,15,16,17);2-6H,11H2,1H3,(H,12,13). The zero-order valence-corrected chi connectivity index (χ0v) is 20.7. The molecule has 7 N–H and O–H groups in total. The van der Waals surface area contributed by atoms with Crippen molar-refractivity contribution < 1.29 is 22.4 Å². The maximum Gasteiger partial charge on any atom is 0.263 e. The Morgan fingerprint density at radius 2 is 1.67 bits per heavy atom. The molecule has 4 rings (SSSR count). The zero-order valence-electron chi connectivity index (χ0n) is 19.9. The average molecular weight is 514 g/mol. The Morgan fingerprint density at radius 1 is 0.972 bits per heavy atom. The summed E-state index contributed by atoms with van der Waals surface area (Å²) in [5.74, 6) is 2.61. The van der Waals surface area contributed by atoms with E-state index >= 15 is 0 Å². The normalized spacial score (nSPS) is 10.8. The first-order valence-corrected chi connectivity index (χ1v) is 12.0. The van der Waals surface area contributed by atoms with Crippen LogP contribution in [0.4, 0.5) is 23.3 Å². The van der Waals surface area contributed by atoms with Crippen molar-refractivity contribution in [3.63, 3.8) is 0 Å². The minimum Gasteiger partial charge on any atom is -0.493 e. The summed E-state index contributed by atoms with van der Waals surface area (Å²) in [7, 11) is -0.445. The minimum absolute atomic E-state index is 0.118. The molecule has 2 aromatic heterocycles. The molecule has 0 atom stereocenters. The van der Waals surface area contributed by atoms with Crippen LogP contribution in [0, 0.1) is 6.92 Å². The topological polar surface area (TPSA) is 194 Å². The van der Waals surface area contributed by atoms with E-state index in [-0.39, 0.29) is 16.7 Å². The summed E-state index contributed by atoms with van der Waals surface area (Å²) in [6, 6.07) is 13.1. The summed E-state index contributed by atoms with van der Waals surface area (Å²) in [5.41, 5.74) is 19.1. The predicted octanol–water partition coefficient (Wildman–Crippen LogP) is 2.62.